The number of hydrogen-bond acceptors (Lipinski definition) is 8. The number of nitrogen functional groups attached to an aromatic ring is 1. The van der Waals surface area contributed by atoms with E-state index in [-0.39, 0.29) is 18.0 Å². The molecule has 4 N–H and O–H groups in total. The number of hydrogen-bond donors (Lipinski definition) is 3. The summed E-state index contributed by atoms with van der Waals surface area (Å²) in [5.74, 6) is 6.00. The fraction of sp³-hybridized carbons (Fsp3) is 0.727. The number of nitrogens with one attached hydrogen (secondary N) is 2. The molecule has 108 valence electrons. The normalized spacial score (nSPS) is 12.0. The quantitative estimate of drug-likeness (QED) is 0.446. The lowest BCUT2D eigenvalue weighted by atomic mass is 10.2. The average molecular weight is 270 g/mol. The summed E-state index contributed by atoms with van der Waals surface area (Å²) in [5, 5.41) is 3.16. The van der Waals surface area contributed by atoms with Crippen LogP contribution in [0.1, 0.15) is 26.7 Å². The Bertz CT molecular complexity index is 376. The Morgan fingerprint density at radius 2 is 1.95 bits per heavy atom. The highest BCUT2D eigenvalue weighted by molar-refractivity contribution is 5.35. The molecule has 0 aliphatic carbocycles. The predicted molar refractivity (Wildman–Crippen MR) is 73.0 cm³/mol. The number of methoxy groups -OCH3 is 1. The van der Waals surface area contributed by atoms with E-state index in [2.05, 4.69) is 32.6 Å². The molecule has 19 heavy (non-hydrogen) atoms. The highest BCUT2D eigenvalue weighted by Crippen LogP contribution is 2.12. The molecule has 1 aromatic heterocycles. The van der Waals surface area contributed by atoms with Crippen molar-refractivity contribution in [2.45, 2.75) is 32.7 Å². The van der Waals surface area contributed by atoms with Gasteiger partial charge in [-0.1, -0.05) is 13.8 Å². The second-order valence-electron chi connectivity index (χ2n) is 3.96. The maximum atomic E-state index is 5.38. The lowest BCUT2D eigenvalue weighted by Crippen LogP contribution is -2.26. The Hall–Kier alpha value is -1.67. The van der Waals surface area contributed by atoms with Gasteiger partial charge in [0.05, 0.1) is 19.3 Å². The van der Waals surface area contributed by atoms with E-state index in [1.165, 1.54) is 0 Å². The van der Waals surface area contributed by atoms with E-state index in [0.29, 0.717) is 19.2 Å². The minimum Gasteiger partial charge on any atom is -0.463 e. The van der Waals surface area contributed by atoms with Crippen LogP contribution in [-0.4, -0.2) is 41.3 Å². The summed E-state index contributed by atoms with van der Waals surface area (Å²) in [6.07, 6.45) is 1.76. The van der Waals surface area contributed by atoms with Gasteiger partial charge in [0.25, 0.3) is 0 Å². The summed E-state index contributed by atoms with van der Waals surface area (Å²) >= 11 is 0. The Morgan fingerprint density at radius 3 is 2.53 bits per heavy atom. The standard InChI is InChI=1S/C11H22N6O2/c1-4-6-19-11-15-9(14-10(16-11)17-12)13-8(5-2)7-18-3/h8H,4-7,12H2,1-3H3,(H2,13,14,15,16,17). The maximum absolute atomic E-state index is 5.38. The van der Waals surface area contributed by atoms with E-state index in [9.17, 15) is 0 Å². The largest absolute Gasteiger partial charge is 0.463 e. The molecule has 0 bridgehead atoms. The monoisotopic (exact) mass is 270 g/mol. The van der Waals surface area contributed by atoms with Crippen LogP contribution in [0.5, 0.6) is 6.01 Å². The van der Waals surface area contributed by atoms with Crippen LogP contribution in [0.2, 0.25) is 0 Å². The van der Waals surface area contributed by atoms with Gasteiger partial charge in [0.1, 0.15) is 0 Å². The van der Waals surface area contributed by atoms with Gasteiger partial charge in [-0.3, -0.25) is 5.43 Å². The number of nitrogens with two attached hydrogens (primary N) is 1. The summed E-state index contributed by atoms with van der Waals surface area (Å²) in [5.41, 5.74) is 2.39. The van der Waals surface area contributed by atoms with E-state index in [1.807, 2.05) is 6.92 Å². The SMILES string of the molecule is CCCOc1nc(NN)nc(NC(CC)COC)n1. The molecule has 8 heteroatoms. The molecule has 1 aromatic rings. The average Bonchev–Trinajstić information content (AvgIpc) is 2.44. The highest BCUT2D eigenvalue weighted by Gasteiger charge is 2.11. The minimum atomic E-state index is 0.122. The van der Waals surface area contributed by atoms with Crippen LogP contribution in [0.3, 0.4) is 0 Å². The molecular formula is C11H22N6O2. The smallest absolute Gasteiger partial charge is 0.323 e. The van der Waals surface area contributed by atoms with Crippen LogP contribution < -0.4 is 21.3 Å². The van der Waals surface area contributed by atoms with Crippen LogP contribution in [0.4, 0.5) is 11.9 Å². The molecule has 0 radical (unpaired) electrons. The van der Waals surface area contributed by atoms with Crippen molar-refractivity contribution in [2.24, 2.45) is 5.84 Å². The third-order valence-corrected chi connectivity index (χ3v) is 2.37. The van der Waals surface area contributed by atoms with E-state index < -0.39 is 0 Å². The summed E-state index contributed by atoms with van der Waals surface area (Å²) in [6, 6.07) is 0.372. The van der Waals surface area contributed by atoms with Gasteiger partial charge in [-0.05, 0) is 12.8 Å². The van der Waals surface area contributed by atoms with E-state index in [4.69, 9.17) is 15.3 Å². The molecule has 1 unspecified atom stereocenters. The third kappa shape index (κ3) is 5.23. The van der Waals surface area contributed by atoms with Gasteiger partial charge in [-0.25, -0.2) is 5.84 Å². The molecule has 0 aliphatic heterocycles. The molecule has 0 aromatic carbocycles. The zero-order valence-corrected chi connectivity index (χ0v) is 11.6. The Balaban J connectivity index is 2.80. The summed E-state index contributed by atoms with van der Waals surface area (Å²) < 4.78 is 10.5. The molecule has 0 saturated heterocycles. The summed E-state index contributed by atoms with van der Waals surface area (Å²) in [7, 11) is 1.65. The first-order valence-corrected chi connectivity index (χ1v) is 6.34. The second-order valence-corrected chi connectivity index (χ2v) is 3.96. The maximum Gasteiger partial charge on any atom is 0.323 e. The van der Waals surface area contributed by atoms with Gasteiger partial charge in [0, 0.05) is 7.11 Å². The molecule has 0 spiro atoms. The van der Waals surface area contributed by atoms with Gasteiger partial charge in [-0.15, -0.1) is 0 Å². The molecule has 0 amide bonds. The van der Waals surface area contributed by atoms with Crippen molar-refractivity contribution >= 4 is 11.9 Å². The minimum absolute atomic E-state index is 0.122. The fourth-order valence-electron chi connectivity index (χ4n) is 1.39. The van der Waals surface area contributed by atoms with Crippen LogP contribution >= 0.6 is 0 Å². The van der Waals surface area contributed by atoms with E-state index in [0.717, 1.165) is 12.8 Å². The van der Waals surface area contributed by atoms with Crippen LogP contribution in [0, 0.1) is 0 Å². The second kappa shape index (κ2) is 8.44. The zero-order valence-electron chi connectivity index (χ0n) is 11.6. The van der Waals surface area contributed by atoms with Crippen molar-refractivity contribution in [3.05, 3.63) is 0 Å². The number of aromatic nitrogens is 3. The van der Waals surface area contributed by atoms with Crippen LogP contribution in [-0.2, 0) is 4.74 Å². The van der Waals surface area contributed by atoms with Crippen LogP contribution in [0.25, 0.3) is 0 Å². The first kappa shape index (κ1) is 15.4. The molecule has 1 atom stereocenters. The highest BCUT2D eigenvalue weighted by atomic mass is 16.5. The Kier molecular flexibility index (Phi) is 6.83. The Labute approximate surface area is 113 Å². The van der Waals surface area contributed by atoms with Crippen molar-refractivity contribution in [1.29, 1.82) is 0 Å². The number of anilines is 2. The molecule has 0 aliphatic rings. The third-order valence-electron chi connectivity index (χ3n) is 2.37. The molecule has 1 rings (SSSR count). The Morgan fingerprint density at radius 1 is 1.21 bits per heavy atom. The van der Waals surface area contributed by atoms with E-state index in [1.54, 1.807) is 7.11 Å². The van der Waals surface area contributed by atoms with Gasteiger partial charge in [-0.2, -0.15) is 15.0 Å². The fourth-order valence-corrected chi connectivity index (χ4v) is 1.39. The van der Waals surface area contributed by atoms with E-state index >= 15 is 0 Å². The van der Waals surface area contributed by atoms with Gasteiger partial charge in [0.2, 0.25) is 11.9 Å². The van der Waals surface area contributed by atoms with Crippen molar-refractivity contribution < 1.29 is 9.47 Å². The molecular weight excluding hydrogens is 248 g/mol. The van der Waals surface area contributed by atoms with Gasteiger partial charge < -0.3 is 14.8 Å². The number of hydrazine groups is 1. The topological polar surface area (TPSA) is 107 Å². The number of nitrogens with zero attached hydrogens (tertiary/aromatic N) is 3. The van der Waals surface area contributed by atoms with Crippen molar-refractivity contribution in [1.82, 2.24) is 15.0 Å². The number of ether oxygens (including phenoxy) is 2. The summed E-state index contributed by atoms with van der Waals surface area (Å²) in [4.78, 5) is 12.3. The predicted octanol–water partition coefficient (Wildman–Crippen LogP) is 0.783. The first-order valence-electron chi connectivity index (χ1n) is 6.34. The van der Waals surface area contributed by atoms with Gasteiger partial charge >= 0.3 is 6.01 Å². The molecule has 0 saturated carbocycles. The molecule has 8 nitrogen and oxygen atoms in total. The lowest BCUT2D eigenvalue weighted by molar-refractivity contribution is 0.184. The summed E-state index contributed by atoms with van der Waals surface area (Å²) in [6.45, 7) is 5.17. The number of rotatable bonds is 9. The first-order chi connectivity index (χ1) is 9.23. The van der Waals surface area contributed by atoms with Crippen molar-refractivity contribution in [3.8, 4) is 6.01 Å². The van der Waals surface area contributed by atoms with Crippen molar-refractivity contribution in [2.75, 3.05) is 31.1 Å². The van der Waals surface area contributed by atoms with Crippen molar-refractivity contribution in [3.63, 3.8) is 0 Å². The van der Waals surface area contributed by atoms with Gasteiger partial charge in [0.15, 0.2) is 0 Å². The molecule has 1 heterocycles. The lowest BCUT2D eigenvalue weighted by Gasteiger charge is -2.16. The molecule has 0 fully saturated rings. The zero-order chi connectivity index (χ0) is 14.1. The van der Waals surface area contributed by atoms with Crippen LogP contribution in [0.15, 0.2) is 0 Å².